The maximum atomic E-state index is 11.7. The van der Waals surface area contributed by atoms with E-state index in [1.807, 2.05) is 0 Å². The molecule has 8 nitrogen and oxygen atoms in total. The van der Waals surface area contributed by atoms with Crippen LogP contribution in [0.4, 0.5) is 0 Å². The van der Waals surface area contributed by atoms with E-state index < -0.39 is 17.9 Å². The van der Waals surface area contributed by atoms with Crippen molar-refractivity contribution in [2.75, 3.05) is 0 Å². The summed E-state index contributed by atoms with van der Waals surface area (Å²) >= 11 is 0. The van der Waals surface area contributed by atoms with Gasteiger partial charge in [0.25, 0.3) is 5.91 Å². The molecule has 1 atom stereocenters. The molecule has 0 fully saturated rings. The Balaban J connectivity index is 2.10. The third kappa shape index (κ3) is 2.92. The highest BCUT2D eigenvalue weighted by Crippen LogP contribution is 2.07. The van der Waals surface area contributed by atoms with Gasteiger partial charge < -0.3 is 10.4 Å². The fraction of sp³-hybridized carbons (Fsp3) is 0.182. The standard InChI is InChI=1S/C11H11N5O3/c1-7(11(18)19)13-10(17)8-2-4-9(5-3-8)16-6-12-14-15-16/h2-7H,1H3,(H,13,17)(H,18,19). The van der Waals surface area contributed by atoms with E-state index in [-0.39, 0.29) is 0 Å². The molecule has 0 aliphatic carbocycles. The smallest absolute Gasteiger partial charge is 0.325 e. The molecule has 8 heteroatoms. The minimum Gasteiger partial charge on any atom is -0.480 e. The first-order valence-electron chi connectivity index (χ1n) is 5.45. The lowest BCUT2D eigenvalue weighted by Gasteiger charge is -2.09. The van der Waals surface area contributed by atoms with Gasteiger partial charge in [-0.25, -0.2) is 4.68 Å². The number of carbonyl (C=O) groups excluding carboxylic acids is 1. The fourth-order valence-electron chi connectivity index (χ4n) is 1.39. The number of amides is 1. The summed E-state index contributed by atoms with van der Waals surface area (Å²) in [5.41, 5.74) is 1.07. The van der Waals surface area contributed by atoms with Crippen molar-refractivity contribution in [3.63, 3.8) is 0 Å². The Morgan fingerprint density at radius 1 is 1.32 bits per heavy atom. The zero-order valence-electron chi connectivity index (χ0n) is 10.0. The van der Waals surface area contributed by atoms with Crippen LogP contribution in [-0.4, -0.2) is 43.2 Å². The molecule has 98 valence electrons. The lowest BCUT2D eigenvalue weighted by atomic mass is 10.2. The van der Waals surface area contributed by atoms with Gasteiger partial charge in [0.1, 0.15) is 12.4 Å². The van der Waals surface area contributed by atoms with Gasteiger partial charge in [0, 0.05) is 5.56 Å². The number of rotatable bonds is 4. The average Bonchev–Trinajstić information content (AvgIpc) is 2.92. The highest BCUT2D eigenvalue weighted by atomic mass is 16.4. The summed E-state index contributed by atoms with van der Waals surface area (Å²) < 4.78 is 1.45. The van der Waals surface area contributed by atoms with Crippen molar-refractivity contribution >= 4 is 11.9 Å². The molecule has 0 saturated heterocycles. The van der Waals surface area contributed by atoms with E-state index in [0.29, 0.717) is 11.3 Å². The molecule has 2 N–H and O–H groups in total. The zero-order chi connectivity index (χ0) is 13.8. The molecule has 19 heavy (non-hydrogen) atoms. The first-order chi connectivity index (χ1) is 9.08. The quantitative estimate of drug-likeness (QED) is 0.793. The summed E-state index contributed by atoms with van der Waals surface area (Å²) in [5.74, 6) is -1.53. The second-order valence-corrected chi connectivity index (χ2v) is 3.83. The number of carboxylic acids is 1. The van der Waals surface area contributed by atoms with Gasteiger partial charge in [0.15, 0.2) is 0 Å². The highest BCUT2D eigenvalue weighted by Gasteiger charge is 2.15. The molecule has 1 heterocycles. The Kier molecular flexibility index (Phi) is 3.51. The normalized spacial score (nSPS) is 11.8. The number of aromatic nitrogens is 4. The van der Waals surface area contributed by atoms with Crippen LogP contribution < -0.4 is 5.32 Å². The summed E-state index contributed by atoms with van der Waals surface area (Å²) in [5, 5.41) is 21.8. The third-order valence-electron chi connectivity index (χ3n) is 2.46. The van der Waals surface area contributed by atoms with Gasteiger partial charge in [-0.3, -0.25) is 9.59 Å². The molecule has 2 rings (SSSR count). The van der Waals surface area contributed by atoms with Gasteiger partial charge in [0.05, 0.1) is 5.69 Å². The minimum atomic E-state index is -1.08. The van der Waals surface area contributed by atoms with Crippen LogP contribution in [0.5, 0.6) is 0 Å². The highest BCUT2D eigenvalue weighted by molar-refractivity contribution is 5.96. The Labute approximate surface area is 108 Å². The molecule has 2 aromatic rings. The van der Waals surface area contributed by atoms with E-state index >= 15 is 0 Å². The van der Waals surface area contributed by atoms with E-state index in [1.165, 1.54) is 17.9 Å². The number of carbonyl (C=O) groups is 2. The molecule has 1 aromatic carbocycles. The third-order valence-corrected chi connectivity index (χ3v) is 2.46. The van der Waals surface area contributed by atoms with Gasteiger partial charge in [-0.05, 0) is 41.6 Å². The number of carboxylic acid groups (broad SMARTS) is 1. The molecule has 0 aliphatic rings. The van der Waals surface area contributed by atoms with Crippen molar-refractivity contribution in [3.05, 3.63) is 36.2 Å². The minimum absolute atomic E-state index is 0.366. The van der Waals surface area contributed by atoms with Crippen molar-refractivity contribution in [2.24, 2.45) is 0 Å². The van der Waals surface area contributed by atoms with Crippen molar-refractivity contribution in [1.29, 1.82) is 0 Å². The monoisotopic (exact) mass is 261 g/mol. The largest absolute Gasteiger partial charge is 0.480 e. The van der Waals surface area contributed by atoms with Crippen molar-refractivity contribution < 1.29 is 14.7 Å². The van der Waals surface area contributed by atoms with Gasteiger partial charge in [-0.15, -0.1) is 5.10 Å². The van der Waals surface area contributed by atoms with E-state index in [4.69, 9.17) is 5.11 Å². The Hall–Kier alpha value is -2.77. The summed E-state index contributed by atoms with van der Waals surface area (Å²) in [4.78, 5) is 22.4. The van der Waals surface area contributed by atoms with E-state index in [2.05, 4.69) is 20.8 Å². The van der Waals surface area contributed by atoms with Crippen LogP contribution in [0, 0.1) is 0 Å². The predicted octanol–water partition coefficient (Wildman–Crippen LogP) is -0.135. The van der Waals surface area contributed by atoms with Crippen molar-refractivity contribution in [1.82, 2.24) is 25.5 Å². The van der Waals surface area contributed by atoms with Crippen LogP contribution in [0.15, 0.2) is 30.6 Å². The van der Waals surface area contributed by atoms with Crippen LogP contribution in [0.1, 0.15) is 17.3 Å². The first-order valence-corrected chi connectivity index (χ1v) is 5.45. The van der Waals surface area contributed by atoms with E-state index in [1.54, 1.807) is 24.3 Å². The SMILES string of the molecule is CC(NC(=O)c1ccc(-n2cnnn2)cc1)C(=O)O. The summed E-state index contributed by atoms with van der Waals surface area (Å²) in [6, 6.07) is 5.53. The van der Waals surface area contributed by atoms with Gasteiger partial charge >= 0.3 is 5.97 Å². The van der Waals surface area contributed by atoms with Gasteiger partial charge in [-0.1, -0.05) is 0 Å². The van der Waals surface area contributed by atoms with Crippen LogP contribution in [-0.2, 0) is 4.79 Å². The average molecular weight is 261 g/mol. The maximum Gasteiger partial charge on any atom is 0.325 e. The number of hydrogen-bond acceptors (Lipinski definition) is 5. The fourth-order valence-corrected chi connectivity index (χ4v) is 1.39. The number of tetrazole rings is 1. The van der Waals surface area contributed by atoms with Crippen molar-refractivity contribution in [3.8, 4) is 5.69 Å². The van der Waals surface area contributed by atoms with Crippen LogP contribution in [0.2, 0.25) is 0 Å². The maximum absolute atomic E-state index is 11.7. The number of nitrogens with zero attached hydrogens (tertiary/aromatic N) is 4. The molecule has 1 unspecified atom stereocenters. The summed E-state index contributed by atoms with van der Waals surface area (Å²) in [6.45, 7) is 1.40. The van der Waals surface area contributed by atoms with E-state index in [0.717, 1.165) is 0 Å². The zero-order valence-corrected chi connectivity index (χ0v) is 10.0. The Morgan fingerprint density at radius 3 is 2.53 bits per heavy atom. The second kappa shape index (κ2) is 5.25. The number of aliphatic carboxylic acids is 1. The van der Waals surface area contributed by atoms with Gasteiger partial charge in [-0.2, -0.15) is 0 Å². The molecule has 0 bridgehead atoms. The number of nitrogens with one attached hydrogen (secondary N) is 1. The Morgan fingerprint density at radius 2 is 2.00 bits per heavy atom. The van der Waals surface area contributed by atoms with E-state index in [9.17, 15) is 9.59 Å². The second-order valence-electron chi connectivity index (χ2n) is 3.83. The predicted molar refractivity (Wildman–Crippen MR) is 63.7 cm³/mol. The number of hydrogen-bond donors (Lipinski definition) is 2. The molecular weight excluding hydrogens is 250 g/mol. The summed E-state index contributed by atoms with van der Waals surface area (Å²) in [7, 11) is 0. The van der Waals surface area contributed by atoms with Crippen LogP contribution in [0.25, 0.3) is 5.69 Å². The molecule has 0 spiro atoms. The van der Waals surface area contributed by atoms with Crippen molar-refractivity contribution in [2.45, 2.75) is 13.0 Å². The molecule has 0 radical (unpaired) electrons. The molecule has 0 aliphatic heterocycles. The Bertz CT molecular complexity index is 579. The van der Waals surface area contributed by atoms with Crippen LogP contribution >= 0.6 is 0 Å². The number of benzene rings is 1. The topological polar surface area (TPSA) is 110 Å². The molecular formula is C11H11N5O3. The molecule has 1 aromatic heterocycles. The van der Waals surface area contributed by atoms with Gasteiger partial charge in [0.2, 0.25) is 0 Å². The lowest BCUT2D eigenvalue weighted by Crippen LogP contribution is -2.38. The first kappa shape index (κ1) is 12.7. The lowest BCUT2D eigenvalue weighted by molar-refractivity contribution is -0.138. The molecule has 0 saturated carbocycles. The summed E-state index contributed by atoms with van der Waals surface area (Å²) in [6.07, 6.45) is 1.43. The molecule has 1 amide bonds. The van der Waals surface area contributed by atoms with Crippen LogP contribution in [0.3, 0.4) is 0 Å².